The third-order valence-electron chi connectivity index (χ3n) is 7.40. The minimum Gasteiger partial charge on any atom is -0.481 e. The summed E-state index contributed by atoms with van der Waals surface area (Å²) in [6.07, 6.45) is 0.290. The average Bonchev–Trinajstić information content (AvgIpc) is 3.36. The number of carbonyl (C=O) groups is 4. The molecule has 194 valence electrons. The normalized spacial score (nSPS) is 24.6. The lowest BCUT2D eigenvalue weighted by Gasteiger charge is -2.37. The standard InChI is InChI=1S/C28H30FN3O5/c1-28(29)13-19(14-28)25(34)17-5-8-21(9-6-17)37-23-10-11-32(27(23)36)20-7-4-18-15-31(16-24(33)30(2)3)26(35)22(18)12-20/h4-9,12,19,23H,10-11,13-16H2,1-3H3/t19?,23-,28?/m1/s1. The van der Waals surface area contributed by atoms with Crippen molar-refractivity contribution < 1.29 is 28.3 Å². The molecule has 37 heavy (non-hydrogen) atoms. The Morgan fingerprint density at radius 2 is 1.81 bits per heavy atom. The van der Waals surface area contributed by atoms with Crippen LogP contribution in [-0.2, 0) is 16.1 Å². The van der Waals surface area contributed by atoms with Crippen molar-refractivity contribution in [2.75, 3.05) is 32.1 Å². The first-order valence-corrected chi connectivity index (χ1v) is 12.5. The van der Waals surface area contributed by atoms with Gasteiger partial charge in [0.2, 0.25) is 5.91 Å². The quantitative estimate of drug-likeness (QED) is 0.537. The highest BCUT2D eigenvalue weighted by molar-refractivity contribution is 6.04. The zero-order valence-corrected chi connectivity index (χ0v) is 21.2. The first-order valence-electron chi connectivity index (χ1n) is 12.5. The van der Waals surface area contributed by atoms with Crippen molar-refractivity contribution >= 4 is 29.2 Å². The van der Waals surface area contributed by atoms with E-state index in [9.17, 15) is 23.6 Å². The molecule has 3 amide bonds. The van der Waals surface area contributed by atoms with Crippen molar-refractivity contribution in [1.29, 1.82) is 0 Å². The number of fused-ring (bicyclic) bond motifs is 1. The highest BCUT2D eigenvalue weighted by atomic mass is 19.1. The number of likely N-dealkylation sites (N-methyl/N-ethyl adjacent to an activating group) is 1. The van der Waals surface area contributed by atoms with Crippen molar-refractivity contribution in [2.45, 2.75) is 44.5 Å². The molecule has 0 unspecified atom stereocenters. The highest BCUT2D eigenvalue weighted by Gasteiger charge is 2.44. The Balaban J connectivity index is 1.21. The third kappa shape index (κ3) is 4.82. The number of hydrogen-bond donors (Lipinski definition) is 0. The van der Waals surface area contributed by atoms with Crippen LogP contribution in [0.15, 0.2) is 42.5 Å². The summed E-state index contributed by atoms with van der Waals surface area (Å²) in [5.41, 5.74) is 1.20. The van der Waals surface area contributed by atoms with E-state index in [1.165, 1.54) is 16.7 Å². The summed E-state index contributed by atoms with van der Waals surface area (Å²) in [6, 6.07) is 12.0. The van der Waals surface area contributed by atoms with Crippen LogP contribution in [0.25, 0.3) is 0 Å². The third-order valence-corrected chi connectivity index (χ3v) is 7.40. The Kier molecular flexibility index (Phi) is 6.25. The van der Waals surface area contributed by atoms with Crippen LogP contribution in [0.4, 0.5) is 10.1 Å². The molecule has 0 bridgehead atoms. The van der Waals surface area contributed by atoms with Crippen LogP contribution >= 0.6 is 0 Å². The van der Waals surface area contributed by atoms with Crippen molar-refractivity contribution in [3.05, 3.63) is 59.2 Å². The van der Waals surface area contributed by atoms with E-state index in [0.29, 0.717) is 42.1 Å². The SMILES string of the molecule is CN(C)C(=O)CN1Cc2ccc(N3CC[C@@H](Oc4ccc(C(=O)C5CC(C)(F)C5)cc4)C3=O)cc2C1=O. The lowest BCUT2D eigenvalue weighted by atomic mass is 9.70. The molecule has 2 aliphatic heterocycles. The van der Waals surface area contributed by atoms with Crippen LogP contribution in [-0.4, -0.2) is 72.3 Å². The van der Waals surface area contributed by atoms with Gasteiger partial charge in [0.05, 0.1) is 0 Å². The van der Waals surface area contributed by atoms with Gasteiger partial charge in [0.25, 0.3) is 11.8 Å². The van der Waals surface area contributed by atoms with Gasteiger partial charge in [0.15, 0.2) is 11.9 Å². The van der Waals surface area contributed by atoms with Gasteiger partial charge in [-0.25, -0.2) is 4.39 Å². The zero-order valence-electron chi connectivity index (χ0n) is 21.2. The van der Waals surface area contributed by atoms with Crippen LogP contribution in [0, 0.1) is 5.92 Å². The molecule has 0 radical (unpaired) electrons. The number of nitrogens with zero attached hydrogens (tertiary/aromatic N) is 3. The monoisotopic (exact) mass is 507 g/mol. The predicted octanol–water partition coefficient (Wildman–Crippen LogP) is 3.24. The van der Waals surface area contributed by atoms with E-state index in [1.54, 1.807) is 49.3 Å². The Bertz CT molecular complexity index is 1270. The van der Waals surface area contributed by atoms with Gasteiger partial charge in [-0.2, -0.15) is 0 Å². The van der Waals surface area contributed by atoms with Crippen LogP contribution in [0.3, 0.4) is 0 Å². The van der Waals surface area contributed by atoms with E-state index in [1.807, 2.05) is 12.1 Å². The van der Waals surface area contributed by atoms with Crippen molar-refractivity contribution in [3.63, 3.8) is 0 Å². The van der Waals surface area contributed by atoms with E-state index in [-0.39, 0.29) is 48.8 Å². The number of amides is 3. The Labute approximate surface area is 215 Å². The summed E-state index contributed by atoms with van der Waals surface area (Å²) in [5, 5.41) is 0. The van der Waals surface area contributed by atoms with E-state index in [4.69, 9.17) is 4.74 Å². The first-order chi connectivity index (χ1) is 17.5. The maximum atomic E-state index is 13.7. The maximum Gasteiger partial charge on any atom is 0.268 e. The van der Waals surface area contributed by atoms with Gasteiger partial charge in [-0.3, -0.25) is 19.2 Å². The molecule has 0 N–H and O–H groups in total. The van der Waals surface area contributed by atoms with E-state index in [0.717, 1.165) is 5.56 Å². The van der Waals surface area contributed by atoms with Gasteiger partial charge in [-0.15, -0.1) is 0 Å². The number of benzene rings is 2. The van der Waals surface area contributed by atoms with Gasteiger partial charge in [-0.05, 0) is 61.7 Å². The maximum absolute atomic E-state index is 13.7. The second-order valence-electron chi connectivity index (χ2n) is 10.6. The molecule has 2 aromatic carbocycles. The zero-order chi connectivity index (χ0) is 26.5. The fourth-order valence-corrected chi connectivity index (χ4v) is 5.22. The Morgan fingerprint density at radius 3 is 2.46 bits per heavy atom. The van der Waals surface area contributed by atoms with E-state index < -0.39 is 11.8 Å². The lowest BCUT2D eigenvalue weighted by Crippen LogP contribution is -2.41. The summed E-state index contributed by atoms with van der Waals surface area (Å²) in [5.74, 6) is -0.460. The smallest absolute Gasteiger partial charge is 0.268 e. The largest absolute Gasteiger partial charge is 0.481 e. The van der Waals surface area contributed by atoms with Gasteiger partial charge in [0.1, 0.15) is 18.0 Å². The van der Waals surface area contributed by atoms with Crippen molar-refractivity contribution in [2.24, 2.45) is 5.92 Å². The predicted molar refractivity (Wildman–Crippen MR) is 134 cm³/mol. The average molecular weight is 508 g/mol. The van der Waals surface area contributed by atoms with Crippen LogP contribution in [0.1, 0.15) is 52.5 Å². The number of ether oxygens (including phenoxy) is 1. The summed E-state index contributed by atoms with van der Waals surface area (Å²) in [7, 11) is 3.30. The molecule has 0 aromatic heterocycles. The molecule has 9 heteroatoms. The Morgan fingerprint density at radius 1 is 1.11 bits per heavy atom. The minimum atomic E-state index is -1.26. The number of alkyl halides is 1. The number of halogens is 1. The van der Waals surface area contributed by atoms with E-state index in [2.05, 4.69) is 0 Å². The van der Waals surface area contributed by atoms with Gasteiger partial charge in [0, 0.05) is 56.3 Å². The van der Waals surface area contributed by atoms with Gasteiger partial charge >= 0.3 is 0 Å². The summed E-state index contributed by atoms with van der Waals surface area (Å²) < 4.78 is 19.7. The minimum absolute atomic E-state index is 0.00861. The molecule has 2 fully saturated rings. The molecule has 2 aromatic rings. The number of carbonyl (C=O) groups excluding carboxylic acids is 4. The van der Waals surface area contributed by atoms with Gasteiger partial charge < -0.3 is 19.4 Å². The fraction of sp³-hybridized carbons (Fsp3) is 0.429. The number of anilines is 1. The molecule has 1 atom stereocenters. The molecule has 2 heterocycles. The van der Waals surface area contributed by atoms with Crippen molar-refractivity contribution in [1.82, 2.24) is 9.80 Å². The van der Waals surface area contributed by atoms with Crippen LogP contribution in [0.2, 0.25) is 0 Å². The van der Waals surface area contributed by atoms with E-state index >= 15 is 0 Å². The molecule has 1 saturated carbocycles. The summed E-state index contributed by atoms with van der Waals surface area (Å²) in [4.78, 5) is 55.1. The number of hydrogen-bond acceptors (Lipinski definition) is 5. The molecule has 8 nitrogen and oxygen atoms in total. The topological polar surface area (TPSA) is 87.2 Å². The number of ketones is 1. The Hall–Kier alpha value is -3.75. The highest BCUT2D eigenvalue weighted by Crippen LogP contribution is 2.42. The molecule has 3 aliphatic rings. The first kappa shape index (κ1) is 24.9. The van der Waals surface area contributed by atoms with Crippen LogP contribution < -0.4 is 9.64 Å². The van der Waals surface area contributed by atoms with Crippen LogP contribution in [0.5, 0.6) is 5.75 Å². The lowest BCUT2D eigenvalue weighted by molar-refractivity contribution is -0.129. The molecule has 1 aliphatic carbocycles. The number of rotatable bonds is 7. The molecule has 5 rings (SSSR count). The molecule has 0 spiro atoms. The summed E-state index contributed by atoms with van der Waals surface area (Å²) in [6.45, 7) is 2.33. The second kappa shape index (κ2) is 9.28. The summed E-state index contributed by atoms with van der Waals surface area (Å²) >= 11 is 0. The molecular formula is C28H30FN3O5. The molecule has 1 saturated heterocycles. The number of Topliss-reactive ketones (excluding diaryl/α,β-unsaturated/α-hetero) is 1. The molecular weight excluding hydrogens is 477 g/mol. The van der Waals surface area contributed by atoms with Crippen molar-refractivity contribution in [3.8, 4) is 5.75 Å². The second-order valence-corrected chi connectivity index (χ2v) is 10.6. The van der Waals surface area contributed by atoms with Gasteiger partial charge in [-0.1, -0.05) is 6.07 Å². The fourth-order valence-electron chi connectivity index (χ4n) is 5.22.